The second-order valence-electron chi connectivity index (χ2n) is 6.09. The van der Waals surface area contributed by atoms with E-state index in [9.17, 15) is 4.79 Å². The summed E-state index contributed by atoms with van der Waals surface area (Å²) in [7, 11) is 1.55. The Kier molecular flexibility index (Phi) is 6.78. The quantitative estimate of drug-likeness (QED) is 0.638. The Morgan fingerprint density at radius 3 is 2.66 bits per heavy atom. The number of para-hydroxylation sites is 1. The molecule has 2 aromatic heterocycles. The number of ether oxygens (including phenoxy) is 2. The van der Waals surface area contributed by atoms with E-state index in [-0.39, 0.29) is 5.91 Å². The molecule has 0 saturated carbocycles. The Morgan fingerprint density at radius 1 is 1.10 bits per heavy atom. The third-order valence-electron chi connectivity index (χ3n) is 4.27. The van der Waals surface area contributed by atoms with Crippen molar-refractivity contribution in [3.05, 3.63) is 65.9 Å². The Hall–Kier alpha value is -3.42. The molecule has 8 nitrogen and oxygen atoms in total. The number of rotatable bonds is 6. The van der Waals surface area contributed by atoms with E-state index in [2.05, 4.69) is 15.1 Å². The lowest BCUT2D eigenvalue weighted by molar-refractivity contribution is 0.0678. The standard InChI is InChI=1S/C19H19N5O3.C2H6/c1-26-18-7-8-20-17(21-18)12-23-9-10-24-16(19(23)25)11-14(22-24)13-27-15-5-3-2-4-6-15;1-2/h2-8,11H,9-10,12-13H2,1H3;1-2H3. The fraction of sp³-hybridized carbons (Fsp3) is 0.333. The lowest BCUT2D eigenvalue weighted by atomic mass is 10.2. The van der Waals surface area contributed by atoms with Crippen LogP contribution in [0.3, 0.4) is 0 Å². The molecule has 0 spiro atoms. The monoisotopic (exact) mass is 395 g/mol. The van der Waals surface area contributed by atoms with Gasteiger partial charge in [0.15, 0.2) is 5.82 Å². The first-order valence-electron chi connectivity index (χ1n) is 9.62. The number of nitrogens with zero attached hydrogens (tertiary/aromatic N) is 5. The largest absolute Gasteiger partial charge is 0.487 e. The highest BCUT2D eigenvalue weighted by atomic mass is 16.5. The highest BCUT2D eigenvalue weighted by molar-refractivity contribution is 5.93. The lowest BCUT2D eigenvalue weighted by Gasteiger charge is -2.26. The SMILES string of the molecule is CC.COc1ccnc(CN2CCn3nc(COc4ccccc4)cc3C2=O)n1. The summed E-state index contributed by atoms with van der Waals surface area (Å²) in [5.74, 6) is 1.70. The van der Waals surface area contributed by atoms with Gasteiger partial charge in [-0.1, -0.05) is 32.0 Å². The number of amides is 1. The number of hydrogen-bond donors (Lipinski definition) is 0. The van der Waals surface area contributed by atoms with Gasteiger partial charge in [0.25, 0.3) is 5.91 Å². The van der Waals surface area contributed by atoms with Gasteiger partial charge in [-0.15, -0.1) is 0 Å². The van der Waals surface area contributed by atoms with Gasteiger partial charge in [-0.3, -0.25) is 9.48 Å². The van der Waals surface area contributed by atoms with E-state index in [0.29, 0.717) is 43.6 Å². The minimum absolute atomic E-state index is 0.0915. The van der Waals surface area contributed by atoms with Crippen molar-refractivity contribution in [3.63, 3.8) is 0 Å². The van der Waals surface area contributed by atoms with Crippen molar-refractivity contribution in [2.75, 3.05) is 13.7 Å². The van der Waals surface area contributed by atoms with Crippen molar-refractivity contribution in [3.8, 4) is 11.6 Å². The number of benzene rings is 1. The molecule has 3 aromatic rings. The average molecular weight is 395 g/mol. The second kappa shape index (κ2) is 9.68. The number of carbonyl (C=O) groups excluding carboxylic acids is 1. The van der Waals surface area contributed by atoms with E-state index in [1.807, 2.05) is 44.2 Å². The van der Waals surface area contributed by atoms with E-state index in [0.717, 1.165) is 11.4 Å². The van der Waals surface area contributed by atoms with Crippen LogP contribution in [0.2, 0.25) is 0 Å². The maximum absolute atomic E-state index is 12.8. The van der Waals surface area contributed by atoms with Crippen molar-refractivity contribution in [2.45, 2.75) is 33.5 Å². The van der Waals surface area contributed by atoms with Crippen LogP contribution in [0.15, 0.2) is 48.7 Å². The van der Waals surface area contributed by atoms with Crippen LogP contribution in [0.25, 0.3) is 0 Å². The predicted molar refractivity (Wildman–Crippen MR) is 108 cm³/mol. The number of carbonyl (C=O) groups is 1. The molecule has 1 aliphatic rings. The molecular formula is C21H25N5O3. The molecule has 0 bridgehead atoms. The summed E-state index contributed by atoms with van der Waals surface area (Å²) in [6.07, 6.45) is 1.62. The first-order valence-corrected chi connectivity index (χ1v) is 9.62. The summed E-state index contributed by atoms with van der Waals surface area (Å²) in [6.45, 7) is 5.82. The molecular weight excluding hydrogens is 370 g/mol. The van der Waals surface area contributed by atoms with Crippen molar-refractivity contribution in [2.24, 2.45) is 0 Å². The van der Waals surface area contributed by atoms with Crippen molar-refractivity contribution in [1.29, 1.82) is 0 Å². The smallest absolute Gasteiger partial charge is 0.272 e. The summed E-state index contributed by atoms with van der Waals surface area (Å²) in [5, 5.41) is 4.48. The van der Waals surface area contributed by atoms with Crippen LogP contribution in [0.4, 0.5) is 0 Å². The van der Waals surface area contributed by atoms with Crippen molar-refractivity contribution in [1.82, 2.24) is 24.6 Å². The molecule has 0 aliphatic carbocycles. The summed E-state index contributed by atoms with van der Waals surface area (Å²) >= 11 is 0. The van der Waals surface area contributed by atoms with E-state index < -0.39 is 0 Å². The summed E-state index contributed by atoms with van der Waals surface area (Å²) in [5.41, 5.74) is 1.28. The molecule has 29 heavy (non-hydrogen) atoms. The van der Waals surface area contributed by atoms with Gasteiger partial charge in [-0.2, -0.15) is 10.1 Å². The Labute approximate surface area is 170 Å². The van der Waals surface area contributed by atoms with Crippen molar-refractivity contribution < 1.29 is 14.3 Å². The highest BCUT2D eigenvalue weighted by Gasteiger charge is 2.27. The summed E-state index contributed by atoms with van der Waals surface area (Å²) < 4.78 is 12.6. The predicted octanol–water partition coefficient (Wildman–Crippen LogP) is 2.94. The van der Waals surface area contributed by atoms with Gasteiger partial charge in [-0.25, -0.2) is 4.98 Å². The van der Waals surface area contributed by atoms with Gasteiger partial charge in [-0.05, 0) is 18.2 Å². The molecule has 152 valence electrons. The van der Waals surface area contributed by atoms with Crippen LogP contribution in [-0.2, 0) is 19.7 Å². The molecule has 4 rings (SSSR count). The summed E-state index contributed by atoms with van der Waals surface area (Å²) in [4.78, 5) is 23.0. The molecule has 0 unspecified atom stereocenters. The highest BCUT2D eigenvalue weighted by Crippen LogP contribution is 2.18. The molecule has 1 aromatic carbocycles. The van der Waals surface area contributed by atoms with Gasteiger partial charge >= 0.3 is 0 Å². The number of fused-ring (bicyclic) bond motifs is 1. The third kappa shape index (κ3) is 4.90. The molecule has 0 radical (unpaired) electrons. The van der Waals surface area contributed by atoms with Crippen LogP contribution in [0.1, 0.15) is 35.9 Å². The van der Waals surface area contributed by atoms with E-state index in [1.54, 1.807) is 35.0 Å². The zero-order chi connectivity index (χ0) is 20.6. The van der Waals surface area contributed by atoms with Crippen LogP contribution in [0, 0.1) is 0 Å². The van der Waals surface area contributed by atoms with Crippen LogP contribution < -0.4 is 9.47 Å². The lowest BCUT2D eigenvalue weighted by Crippen LogP contribution is -2.40. The number of hydrogen-bond acceptors (Lipinski definition) is 6. The average Bonchev–Trinajstić information content (AvgIpc) is 3.21. The minimum Gasteiger partial charge on any atom is -0.487 e. The van der Waals surface area contributed by atoms with Gasteiger partial charge in [0.2, 0.25) is 5.88 Å². The molecule has 0 N–H and O–H groups in total. The van der Waals surface area contributed by atoms with Crippen molar-refractivity contribution >= 4 is 5.91 Å². The van der Waals surface area contributed by atoms with Gasteiger partial charge in [0.05, 0.1) is 20.2 Å². The number of aromatic nitrogens is 4. The van der Waals surface area contributed by atoms with Gasteiger partial charge in [0.1, 0.15) is 23.7 Å². The molecule has 1 aliphatic heterocycles. The molecule has 0 atom stereocenters. The fourth-order valence-corrected chi connectivity index (χ4v) is 2.93. The van der Waals surface area contributed by atoms with Gasteiger partial charge < -0.3 is 14.4 Å². The van der Waals surface area contributed by atoms with Crippen LogP contribution >= 0.6 is 0 Å². The zero-order valence-electron chi connectivity index (χ0n) is 16.9. The molecule has 0 fully saturated rings. The first-order chi connectivity index (χ1) is 14.2. The fourth-order valence-electron chi connectivity index (χ4n) is 2.93. The van der Waals surface area contributed by atoms with Crippen LogP contribution in [-0.4, -0.2) is 44.2 Å². The molecule has 8 heteroatoms. The third-order valence-corrected chi connectivity index (χ3v) is 4.27. The maximum atomic E-state index is 12.8. The zero-order valence-corrected chi connectivity index (χ0v) is 16.9. The van der Waals surface area contributed by atoms with E-state index in [4.69, 9.17) is 9.47 Å². The summed E-state index contributed by atoms with van der Waals surface area (Å²) in [6, 6.07) is 13.0. The topological polar surface area (TPSA) is 82.4 Å². The number of methoxy groups -OCH3 is 1. The van der Waals surface area contributed by atoms with E-state index in [1.165, 1.54) is 0 Å². The van der Waals surface area contributed by atoms with Gasteiger partial charge in [0, 0.05) is 18.8 Å². The molecule has 0 saturated heterocycles. The molecule has 1 amide bonds. The molecule has 3 heterocycles. The maximum Gasteiger partial charge on any atom is 0.272 e. The van der Waals surface area contributed by atoms with Crippen LogP contribution in [0.5, 0.6) is 11.6 Å². The Bertz CT molecular complexity index is 942. The first kappa shape index (κ1) is 20.3. The Balaban J connectivity index is 0.00000117. The Morgan fingerprint density at radius 2 is 1.90 bits per heavy atom. The normalized spacial score (nSPS) is 12.7. The second-order valence-corrected chi connectivity index (χ2v) is 6.09. The van der Waals surface area contributed by atoms with E-state index >= 15 is 0 Å². The minimum atomic E-state index is -0.0915.